The molecule has 1 rings (SSSR count). The standard InChI is InChI=1S/C25H41N3O4/c1-8-10-14-26-23(30)22(20-16-18(3)12-13-19(20)4)28(15-11-9-2)21(29)17-27-24(31)32-25(5,6)7/h12-13,16,22H,8-11,14-15,17H2,1-7H3,(H,26,30)(H,27,31). The molecule has 0 radical (unpaired) electrons. The predicted octanol–water partition coefficient (Wildman–Crippen LogP) is 4.41. The number of rotatable bonds is 11. The van der Waals surface area contributed by atoms with E-state index in [1.165, 1.54) is 0 Å². The van der Waals surface area contributed by atoms with Crippen molar-refractivity contribution in [1.29, 1.82) is 0 Å². The van der Waals surface area contributed by atoms with Gasteiger partial charge in [0.25, 0.3) is 0 Å². The van der Waals surface area contributed by atoms with Crippen LogP contribution in [0.2, 0.25) is 0 Å². The quantitative estimate of drug-likeness (QED) is 0.492. The van der Waals surface area contributed by atoms with Gasteiger partial charge in [-0.25, -0.2) is 4.79 Å². The molecule has 0 bridgehead atoms. The minimum Gasteiger partial charge on any atom is -0.444 e. The summed E-state index contributed by atoms with van der Waals surface area (Å²) in [5, 5.41) is 5.53. The van der Waals surface area contributed by atoms with E-state index in [-0.39, 0.29) is 18.4 Å². The van der Waals surface area contributed by atoms with Gasteiger partial charge in [-0.1, -0.05) is 50.5 Å². The number of nitrogens with zero attached hydrogens (tertiary/aromatic N) is 1. The molecule has 180 valence electrons. The van der Waals surface area contributed by atoms with E-state index < -0.39 is 17.7 Å². The highest BCUT2D eigenvalue weighted by molar-refractivity contribution is 5.90. The van der Waals surface area contributed by atoms with Crippen LogP contribution in [-0.4, -0.2) is 48.0 Å². The molecule has 1 unspecified atom stereocenters. The molecule has 2 N–H and O–H groups in total. The van der Waals surface area contributed by atoms with Crippen LogP contribution >= 0.6 is 0 Å². The number of aryl methyl sites for hydroxylation is 2. The molecule has 7 nitrogen and oxygen atoms in total. The Kier molecular flexibility index (Phi) is 11.2. The van der Waals surface area contributed by atoms with Gasteiger partial charge in [-0.05, 0) is 58.6 Å². The molecule has 1 aromatic carbocycles. The number of alkyl carbamates (subject to hydrolysis) is 1. The molecule has 3 amide bonds. The van der Waals surface area contributed by atoms with E-state index in [0.29, 0.717) is 13.1 Å². The summed E-state index contributed by atoms with van der Waals surface area (Å²) < 4.78 is 5.24. The zero-order chi connectivity index (χ0) is 24.3. The van der Waals surface area contributed by atoms with Crippen molar-refractivity contribution < 1.29 is 19.1 Å². The zero-order valence-electron chi connectivity index (χ0n) is 20.8. The lowest BCUT2D eigenvalue weighted by molar-refractivity contribution is -0.140. The Morgan fingerprint density at radius 1 is 1.03 bits per heavy atom. The zero-order valence-corrected chi connectivity index (χ0v) is 20.8. The third-order valence-electron chi connectivity index (χ3n) is 4.97. The van der Waals surface area contributed by atoms with E-state index in [2.05, 4.69) is 17.6 Å². The first-order valence-electron chi connectivity index (χ1n) is 11.6. The molecule has 1 atom stereocenters. The summed E-state index contributed by atoms with van der Waals surface area (Å²) in [6.45, 7) is 14.1. The van der Waals surface area contributed by atoms with Crippen LogP contribution in [0.3, 0.4) is 0 Å². The van der Waals surface area contributed by atoms with Gasteiger partial charge in [-0.15, -0.1) is 0 Å². The minimum absolute atomic E-state index is 0.200. The lowest BCUT2D eigenvalue weighted by atomic mass is 9.96. The van der Waals surface area contributed by atoms with Crippen molar-refractivity contribution in [1.82, 2.24) is 15.5 Å². The number of unbranched alkanes of at least 4 members (excludes halogenated alkanes) is 2. The third-order valence-corrected chi connectivity index (χ3v) is 4.97. The molecule has 0 aliphatic carbocycles. The highest BCUT2D eigenvalue weighted by Crippen LogP contribution is 2.26. The Labute approximate surface area is 193 Å². The number of carbonyl (C=O) groups excluding carboxylic acids is 3. The van der Waals surface area contributed by atoms with Gasteiger partial charge in [0.1, 0.15) is 18.2 Å². The summed E-state index contributed by atoms with van der Waals surface area (Å²) >= 11 is 0. The van der Waals surface area contributed by atoms with E-state index in [4.69, 9.17) is 4.74 Å². The van der Waals surface area contributed by atoms with Crippen LogP contribution in [0.4, 0.5) is 4.79 Å². The van der Waals surface area contributed by atoms with Gasteiger partial charge in [0.05, 0.1) is 0 Å². The Balaban J connectivity index is 3.21. The van der Waals surface area contributed by atoms with Gasteiger partial charge in [0, 0.05) is 13.1 Å². The molecule has 0 saturated carbocycles. The first-order chi connectivity index (χ1) is 15.0. The number of amides is 3. The smallest absolute Gasteiger partial charge is 0.408 e. The van der Waals surface area contributed by atoms with E-state index in [9.17, 15) is 14.4 Å². The number of hydrogen-bond acceptors (Lipinski definition) is 4. The normalized spacial score (nSPS) is 12.1. The van der Waals surface area contributed by atoms with Crippen LogP contribution in [-0.2, 0) is 14.3 Å². The lowest BCUT2D eigenvalue weighted by Crippen LogP contribution is -2.48. The molecule has 32 heavy (non-hydrogen) atoms. The Morgan fingerprint density at radius 3 is 2.28 bits per heavy atom. The second kappa shape index (κ2) is 13.1. The fourth-order valence-corrected chi connectivity index (χ4v) is 3.28. The van der Waals surface area contributed by atoms with Gasteiger partial charge in [-0.3, -0.25) is 9.59 Å². The molecular weight excluding hydrogens is 406 g/mol. The van der Waals surface area contributed by atoms with Crippen molar-refractivity contribution in [2.75, 3.05) is 19.6 Å². The molecule has 0 saturated heterocycles. The number of benzene rings is 1. The second-order valence-corrected chi connectivity index (χ2v) is 9.20. The molecule has 7 heteroatoms. The topological polar surface area (TPSA) is 87.7 Å². The largest absolute Gasteiger partial charge is 0.444 e. The minimum atomic E-state index is -0.758. The molecule has 0 fully saturated rings. The monoisotopic (exact) mass is 447 g/mol. The third kappa shape index (κ3) is 9.28. The van der Waals surface area contributed by atoms with Gasteiger partial charge in [0.15, 0.2) is 0 Å². The van der Waals surface area contributed by atoms with Crippen molar-refractivity contribution in [2.24, 2.45) is 0 Å². The highest BCUT2D eigenvalue weighted by atomic mass is 16.6. The van der Waals surface area contributed by atoms with Gasteiger partial charge in [0.2, 0.25) is 11.8 Å². The van der Waals surface area contributed by atoms with Gasteiger partial charge in [-0.2, -0.15) is 0 Å². The molecule has 0 heterocycles. The van der Waals surface area contributed by atoms with Crippen LogP contribution in [0.15, 0.2) is 18.2 Å². The van der Waals surface area contributed by atoms with Crippen LogP contribution in [0.5, 0.6) is 0 Å². The van der Waals surface area contributed by atoms with Crippen LogP contribution in [0.1, 0.15) is 83.0 Å². The maximum absolute atomic E-state index is 13.3. The van der Waals surface area contributed by atoms with Crippen molar-refractivity contribution in [3.8, 4) is 0 Å². The SMILES string of the molecule is CCCCNC(=O)C(c1cc(C)ccc1C)N(CCCC)C(=O)CNC(=O)OC(C)(C)C. The summed E-state index contributed by atoms with van der Waals surface area (Å²) in [5.41, 5.74) is 2.11. The number of nitrogens with one attached hydrogen (secondary N) is 2. The van der Waals surface area contributed by atoms with Crippen molar-refractivity contribution in [2.45, 2.75) is 85.8 Å². The average molecular weight is 448 g/mol. The first kappa shape index (κ1) is 27.5. The van der Waals surface area contributed by atoms with Crippen molar-refractivity contribution in [3.63, 3.8) is 0 Å². The summed E-state index contributed by atoms with van der Waals surface area (Å²) in [7, 11) is 0. The fraction of sp³-hybridized carbons (Fsp3) is 0.640. The van der Waals surface area contributed by atoms with E-state index in [1.807, 2.05) is 39.0 Å². The number of ether oxygens (including phenoxy) is 1. The van der Waals surface area contributed by atoms with E-state index in [1.54, 1.807) is 25.7 Å². The van der Waals surface area contributed by atoms with Crippen molar-refractivity contribution in [3.05, 3.63) is 34.9 Å². The predicted molar refractivity (Wildman–Crippen MR) is 127 cm³/mol. The number of carbonyl (C=O) groups is 3. The molecule has 0 aliphatic heterocycles. The molecule has 1 aromatic rings. The summed E-state index contributed by atoms with van der Waals surface area (Å²) in [5.74, 6) is -0.519. The number of hydrogen-bond donors (Lipinski definition) is 2. The molecular formula is C25H41N3O4. The summed E-state index contributed by atoms with van der Waals surface area (Å²) in [6, 6.07) is 5.17. The Morgan fingerprint density at radius 2 is 1.69 bits per heavy atom. The highest BCUT2D eigenvalue weighted by Gasteiger charge is 2.32. The van der Waals surface area contributed by atoms with E-state index in [0.717, 1.165) is 42.4 Å². The first-order valence-corrected chi connectivity index (χ1v) is 11.6. The van der Waals surface area contributed by atoms with Crippen molar-refractivity contribution >= 4 is 17.9 Å². The lowest BCUT2D eigenvalue weighted by Gasteiger charge is -2.32. The van der Waals surface area contributed by atoms with Crippen LogP contribution < -0.4 is 10.6 Å². The summed E-state index contributed by atoms with van der Waals surface area (Å²) in [4.78, 5) is 40.2. The molecule has 0 aromatic heterocycles. The maximum Gasteiger partial charge on any atom is 0.408 e. The molecule has 0 aliphatic rings. The second-order valence-electron chi connectivity index (χ2n) is 9.20. The van der Waals surface area contributed by atoms with Crippen LogP contribution in [0.25, 0.3) is 0 Å². The Hall–Kier alpha value is -2.57. The molecule has 0 spiro atoms. The fourth-order valence-electron chi connectivity index (χ4n) is 3.28. The van der Waals surface area contributed by atoms with Gasteiger partial charge >= 0.3 is 6.09 Å². The maximum atomic E-state index is 13.3. The van der Waals surface area contributed by atoms with E-state index >= 15 is 0 Å². The van der Waals surface area contributed by atoms with Gasteiger partial charge < -0.3 is 20.3 Å². The average Bonchev–Trinajstić information content (AvgIpc) is 2.70. The Bertz CT molecular complexity index is 771. The van der Waals surface area contributed by atoms with Crippen LogP contribution in [0, 0.1) is 13.8 Å². The summed E-state index contributed by atoms with van der Waals surface area (Å²) in [6.07, 6.45) is 2.81.